The summed E-state index contributed by atoms with van der Waals surface area (Å²) in [5, 5.41) is 12.9. The van der Waals surface area contributed by atoms with Crippen LogP contribution in [-0.4, -0.2) is 63.1 Å². The second-order valence-electron chi connectivity index (χ2n) is 3.72. The zero-order chi connectivity index (χ0) is 11.3. The summed E-state index contributed by atoms with van der Waals surface area (Å²) in [6, 6.07) is -0.246. The molecule has 5 heteroatoms. The Morgan fingerprint density at radius 3 is 2.60 bits per heavy atom. The number of β-amino-alcohol motifs (C(OH)–C–C–N with tert-alkyl or cyclic N) is 1. The molecule has 1 saturated heterocycles. The molecule has 1 aliphatic heterocycles. The monoisotopic (exact) mass is 210 g/mol. The fourth-order valence-electron chi connectivity index (χ4n) is 2.01. The van der Waals surface area contributed by atoms with Crippen LogP contribution >= 0.6 is 0 Å². The van der Waals surface area contributed by atoms with Gasteiger partial charge in [-0.25, -0.2) is 0 Å². The smallest absolute Gasteiger partial charge is 0.0891 e. The van der Waals surface area contributed by atoms with Gasteiger partial charge in [-0.2, -0.15) is 0 Å². The van der Waals surface area contributed by atoms with Crippen LogP contribution in [0.25, 0.3) is 0 Å². The Hall–Kier alpha value is -1.07. The lowest BCUT2D eigenvalue weighted by Gasteiger charge is -2.36. The Kier molecular flexibility index (Phi) is 4.58. The number of rotatable bonds is 5. The second-order valence-corrected chi connectivity index (χ2v) is 3.72. The van der Waals surface area contributed by atoms with Crippen LogP contribution in [0.15, 0.2) is 15.0 Å². The summed E-state index contributed by atoms with van der Waals surface area (Å²) in [4.78, 5) is 11.8. The van der Waals surface area contributed by atoms with E-state index in [9.17, 15) is 5.11 Å². The Labute approximate surface area is 90.0 Å². The predicted molar refractivity (Wildman–Crippen MR) is 63.5 cm³/mol. The van der Waals surface area contributed by atoms with Gasteiger partial charge in [0, 0.05) is 19.0 Å². The highest BCUT2D eigenvalue weighted by Gasteiger charge is 2.35. The molecule has 84 valence electrons. The molecular weight excluding hydrogens is 192 g/mol. The third kappa shape index (κ3) is 2.70. The maximum absolute atomic E-state index is 9.75. The third-order valence-electron chi connectivity index (χ3n) is 2.82. The molecule has 0 aliphatic carbocycles. The predicted octanol–water partition coefficient (Wildman–Crippen LogP) is -0.594. The highest BCUT2D eigenvalue weighted by Crippen LogP contribution is 2.21. The second kappa shape index (κ2) is 5.72. The van der Waals surface area contributed by atoms with Crippen LogP contribution in [0, 0.1) is 5.92 Å². The van der Waals surface area contributed by atoms with Crippen molar-refractivity contribution in [1.29, 1.82) is 0 Å². The molecule has 1 heterocycles. The number of hydrogen-bond acceptors (Lipinski definition) is 5. The van der Waals surface area contributed by atoms with Crippen LogP contribution < -0.4 is 5.32 Å². The number of nitrogens with zero attached hydrogens (tertiary/aromatic N) is 3. The first-order valence-corrected chi connectivity index (χ1v) is 4.97. The van der Waals surface area contributed by atoms with Gasteiger partial charge in [0.2, 0.25) is 0 Å². The number of aliphatic hydroxyl groups excluding tert-OH is 1. The molecule has 0 bridgehead atoms. The summed E-state index contributed by atoms with van der Waals surface area (Å²) in [5.74, 6) is 0.0919. The third-order valence-corrected chi connectivity index (χ3v) is 2.82. The molecule has 0 unspecified atom stereocenters. The maximum atomic E-state index is 9.75. The van der Waals surface area contributed by atoms with E-state index in [0.717, 1.165) is 6.54 Å². The van der Waals surface area contributed by atoms with Crippen molar-refractivity contribution in [3.05, 3.63) is 0 Å². The van der Waals surface area contributed by atoms with Crippen molar-refractivity contribution in [1.82, 2.24) is 5.32 Å². The van der Waals surface area contributed by atoms with Crippen molar-refractivity contribution < 1.29 is 5.11 Å². The van der Waals surface area contributed by atoms with Crippen LogP contribution in [0.4, 0.5) is 0 Å². The van der Waals surface area contributed by atoms with Crippen LogP contribution in [0.3, 0.4) is 0 Å². The molecule has 0 spiro atoms. The fraction of sp³-hybridized carbons (Fsp3) is 0.700. The Bertz CT molecular complexity index is 244. The van der Waals surface area contributed by atoms with Gasteiger partial charge in [0.25, 0.3) is 0 Å². The molecule has 15 heavy (non-hydrogen) atoms. The first-order valence-electron chi connectivity index (χ1n) is 4.97. The first-order chi connectivity index (χ1) is 7.24. The van der Waals surface area contributed by atoms with Crippen molar-refractivity contribution in [3.63, 3.8) is 0 Å². The van der Waals surface area contributed by atoms with E-state index in [4.69, 9.17) is 0 Å². The van der Waals surface area contributed by atoms with Crippen molar-refractivity contribution in [2.24, 2.45) is 20.9 Å². The minimum Gasteiger partial charge on any atom is -0.390 e. The molecule has 1 aliphatic rings. The Morgan fingerprint density at radius 2 is 2.07 bits per heavy atom. The molecule has 0 aromatic carbocycles. The Morgan fingerprint density at radius 1 is 1.33 bits per heavy atom. The van der Waals surface area contributed by atoms with Gasteiger partial charge in [-0.15, -0.1) is 0 Å². The topological polar surface area (TPSA) is 69.3 Å². The lowest BCUT2D eigenvalue weighted by Crippen LogP contribution is -2.53. The Balaban J connectivity index is 2.74. The van der Waals surface area contributed by atoms with Crippen molar-refractivity contribution in [3.8, 4) is 0 Å². The molecule has 4 atom stereocenters. The first kappa shape index (κ1) is 12.0. The molecule has 0 radical (unpaired) electrons. The summed E-state index contributed by atoms with van der Waals surface area (Å²) in [6.45, 7) is 12.3. The van der Waals surface area contributed by atoms with E-state index in [0.29, 0.717) is 13.1 Å². The number of aliphatic imine (C=N–C) groups is 3. The van der Waals surface area contributed by atoms with Crippen LogP contribution in [0.1, 0.15) is 0 Å². The quantitative estimate of drug-likeness (QED) is 0.595. The molecule has 2 N–H and O–H groups in total. The summed E-state index contributed by atoms with van der Waals surface area (Å²) in [6.07, 6.45) is -0.504. The summed E-state index contributed by atoms with van der Waals surface area (Å²) in [7, 11) is 0. The molecule has 0 amide bonds. The number of aliphatic hydroxyl groups is 1. The molecule has 0 saturated carbocycles. The maximum Gasteiger partial charge on any atom is 0.0891 e. The van der Waals surface area contributed by atoms with Crippen molar-refractivity contribution in [2.75, 3.05) is 19.6 Å². The van der Waals surface area contributed by atoms with Gasteiger partial charge in [-0.3, -0.25) is 15.0 Å². The number of hydrogen-bond donors (Lipinski definition) is 2. The number of piperidine rings is 1. The number of nitrogens with one attached hydrogen (secondary N) is 1. The molecule has 5 nitrogen and oxygen atoms in total. The molecule has 0 aromatic heterocycles. The van der Waals surface area contributed by atoms with Crippen LogP contribution in [0.2, 0.25) is 0 Å². The lowest BCUT2D eigenvalue weighted by molar-refractivity contribution is 0.0832. The SMILES string of the molecule is C=NC[C@@H](N=C)[C@H]1CNC[C@@H](O)[C@H]1N=C. The van der Waals surface area contributed by atoms with Gasteiger partial charge in [0.15, 0.2) is 0 Å². The van der Waals surface area contributed by atoms with Gasteiger partial charge in [-0.1, -0.05) is 0 Å². The average Bonchev–Trinajstić information content (AvgIpc) is 2.25. The average molecular weight is 210 g/mol. The van der Waals surface area contributed by atoms with Crippen LogP contribution in [-0.2, 0) is 0 Å². The normalized spacial score (nSPS) is 33.0. The highest BCUT2D eigenvalue weighted by molar-refractivity contribution is 5.28. The lowest BCUT2D eigenvalue weighted by atomic mass is 9.86. The van der Waals surface area contributed by atoms with E-state index >= 15 is 0 Å². The van der Waals surface area contributed by atoms with Gasteiger partial charge < -0.3 is 10.4 Å². The van der Waals surface area contributed by atoms with Gasteiger partial charge >= 0.3 is 0 Å². The molecule has 1 rings (SSSR count). The highest BCUT2D eigenvalue weighted by atomic mass is 16.3. The van der Waals surface area contributed by atoms with E-state index in [1.165, 1.54) is 0 Å². The minimum absolute atomic E-state index is 0.0551. The zero-order valence-electron chi connectivity index (χ0n) is 8.84. The van der Waals surface area contributed by atoms with E-state index in [1.54, 1.807) is 0 Å². The van der Waals surface area contributed by atoms with Gasteiger partial charge in [0.05, 0.1) is 24.7 Å². The molecule has 1 fully saturated rings. The molecular formula is C10H18N4O. The van der Waals surface area contributed by atoms with E-state index in [-0.39, 0.29) is 18.0 Å². The van der Waals surface area contributed by atoms with E-state index in [2.05, 4.69) is 40.4 Å². The standard InChI is InChI=1S/C10H18N4O/c1-11-5-8(12-2)7-4-14-6-9(15)10(7)13-3/h7-10,14-15H,1-6H2/t7-,8-,9-,10+/m1/s1. The summed E-state index contributed by atoms with van der Waals surface area (Å²) < 4.78 is 0. The summed E-state index contributed by atoms with van der Waals surface area (Å²) >= 11 is 0. The van der Waals surface area contributed by atoms with Crippen molar-refractivity contribution in [2.45, 2.75) is 18.2 Å². The van der Waals surface area contributed by atoms with E-state index < -0.39 is 6.10 Å². The van der Waals surface area contributed by atoms with Crippen molar-refractivity contribution >= 4 is 20.2 Å². The van der Waals surface area contributed by atoms with Gasteiger partial charge in [0.1, 0.15) is 0 Å². The molecule has 0 aromatic rings. The summed E-state index contributed by atoms with van der Waals surface area (Å²) in [5.41, 5.74) is 0. The largest absolute Gasteiger partial charge is 0.390 e. The van der Waals surface area contributed by atoms with E-state index in [1.807, 2.05) is 0 Å². The zero-order valence-corrected chi connectivity index (χ0v) is 8.84. The minimum atomic E-state index is -0.504. The fourth-order valence-corrected chi connectivity index (χ4v) is 2.01. The van der Waals surface area contributed by atoms with Crippen LogP contribution in [0.5, 0.6) is 0 Å². The van der Waals surface area contributed by atoms with Gasteiger partial charge in [-0.05, 0) is 20.2 Å².